The number of fused-ring (bicyclic) bond motifs is 2. The summed E-state index contributed by atoms with van der Waals surface area (Å²) >= 11 is 6.17. The minimum Gasteiger partial charge on any atom is -0.491 e. The molecule has 1 saturated heterocycles. The Hall–Kier alpha value is -2.08. The second-order valence-electron chi connectivity index (χ2n) is 7.21. The summed E-state index contributed by atoms with van der Waals surface area (Å²) in [7, 11) is 0. The van der Waals surface area contributed by atoms with E-state index in [0.29, 0.717) is 37.9 Å². The molecule has 0 aliphatic carbocycles. The van der Waals surface area contributed by atoms with Gasteiger partial charge in [0.25, 0.3) is 0 Å². The van der Waals surface area contributed by atoms with Crippen LogP contribution in [0.4, 0.5) is 0 Å². The molecule has 1 fully saturated rings. The van der Waals surface area contributed by atoms with Crippen LogP contribution in [-0.2, 0) is 16.1 Å². The van der Waals surface area contributed by atoms with Crippen LogP contribution in [0.1, 0.15) is 18.4 Å². The average Bonchev–Trinajstić information content (AvgIpc) is 3.16. The Labute approximate surface area is 170 Å². The second kappa shape index (κ2) is 8.95. The Morgan fingerprint density at radius 2 is 1.96 bits per heavy atom. The van der Waals surface area contributed by atoms with Crippen LogP contribution in [0.5, 0.6) is 5.75 Å². The fourth-order valence-corrected chi connectivity index (χ4v) is 4.09. The predicted octanol–water partition coefficient (Wildman–Crippen LogP) is 3.50. The molecule has 4 rings (SSSR count). The maximum Gasteiger partial charge on any atom is 0.237 e. The highest BCUT2D eigenvalue weighted by Crippen LogP contribution is 2.31. The van der Waals surface area contributed by atoms with E-state index in [9.17, 15) is 4.79 Å². The number of carbonyl (C=O) groups is 1. The van der Waals surface area contributed by atoms with Gasteiger partial charge in [0.05, 0.1) is 19.3 Å². The SMILES string of the molecule is O=C1NCCOCCOc2ccc(-c3cccc(Cl)c3)cc2CN2CCC[C@@H]12. The molecule has 148 valence electrons. The van der Waals surface area contributed by atoms with Gasteiger partial charge < -0.3 is 14.8 Å². The van der Waals surface area contributed by atoms with Crippen molar-refractivity contribution in [2.45, 2.75) is 25.4 Å². The van der Waals surface area contributed by atoms with E-state index in [1.54, 1.807) is 0 Å². The summed E-state index contributed by atoms with van der Waals surface area (Å²) in [4.78, 5) is 14.8. The van der Waals surface area contributed by atoms with Crippen molar-refractivity contribution in [3.63, 3.8) is 0 Å². The minimum absolute atomic E-state index is 0.0915. The number of benzene rings is 2. The number of halogens is 1. The smallest absolute Gasteiger partial charge is 0.237 e. The summed E-state index contributed by atoms with van der Waals surface area (Å²) < 4.78 is 11.6. The van der Waals surface area contributed by atoms with Crippen LogP contribution in [0.2, 0.25) is 5.02 Å². The molecule has 0 spiro atoms. The average molecular weight is 401 g/mol. The molecule has 0 radical (unpaired) electrons. The molecule has 28 heavy (non-hydrogen) atoms. The Morgan fingerprint density at radius 3 is 2.86 bits per heavy atom. The van der Waals surface area contributed by atoms with Crippen molar-refractivity contribution in [1.29, 1.82) is 0 Å². The third-order valence-electron chi connectivity index (χ3n) is 5.29. The van der Waals surface area contributed by atoms with Crippen LogP contribution in [-0.4, -0.2) is 49.8 Å². The van der Waals surface area contributed by atoms with Crippen LogP contribution >= 0.6 is 11.6 Å². The first-order chi connectivity index (χ1) is 13.7. The van der Waals surface area contributed by atoms with Crippen LogP contribution in [0.15, 0.2) is 42.5 Å². The standard InChI is InChI=1S/C22H25ClN2O3/c23-19-4-1-3-16(14-19)17-6-7-21-18(13-17)15-25-9-2-5-20(25)22(26)24-8-10-27-11-12-28-21/h1,3-4,6-7,13-14,20H,2,5,8-12,15H2,(H,24,26)/t20-/m0/s1. The number of hydrogen-bond donors (Lipinski definition) is 1. The van der Waals surface area contributed by atoms with Crippen LogP contribution < -0.4 is 10.1 Å². The summed E-state index contributed by atoms with van der Waals surface area (Å²) in [6, 6.07) is 14.0. The summed E-state index contributed by atoms with van der Waals surface area (Å²) in [5.74, 6) is 0.938. The predicted molar refractivity (Wildman–Crippen MR) is 110 cm³/mol. The quantitative estimate of drug-likeness (QED) is 0.796. The van der Waals surface area contributed by atoms with E-state index in [4.69, 9.17) is 21.1 Å². The summed E-state index contributed by atoms with van der Waals surface area (Å²) in [6.45, 7) is 3.62. The fourth-order valence-electron chi connectivity index (χ4n) is 3.90. The Morgan fingerprint density at radius 1 is 1.07 bits per heavy atom. The molecule has 1 amide bonds. The number of amides is 1. The van der Waals surface area contributed by atoms with Gasteiger partial charge in [-0.15, -0.1) is 0 Å². The van der Waals surface area contributed by atoms with Gasteiger partial charge in [0.15, 0.2) is 0 Å². The summed E-state index contributed by atoms with van der Waals surface area (Å²) in [5.41, 5.74) is 3.24. The third-order valence-corrected chi connectivity index (χ3v) is 5.52. The van der Waals surface area contributed by atoms with E-state index in [1.165, 1.54) is 0 Å². The zero-order valence-electron chi connectivity index (χ0n) is 15.8. The van der Waals surface area contributed by atoms with Gasteiger partial charge in [-0.05, 0) is 54.8 Å². The molecule has 5 nitrogen and oxygen atoms in total. The van der Waals surface area contributed by atoms with E-state index in [0.717, 1.165) is 41.8 Å². The molecule has 0 unspecified atom stereocenters. The number of rotatable bonds is 1. The highest BCUT2D eigenvalue weighted by atomic mass is 35.5. The number of hydrogen-bond acceptors (Lipinski definition) is 4. The lowest BCUT2D eigenvalue weighted by molar-refractivity contribution is -0.125. The van der Waals surface area contributed by atoms with Crippen molar-refractivity contribution in [3.05, 3.63) is 53.1 Å². The molecule has 1 atom stereocenters. The first-order valence-electron chi connectivity index (χ1n) is 9.82. The van der Waals surface area contributed by atoms with Crippen molar-refractivity contribution < 1.29 is 14.3 Å². The Balaban J connectivity index is 1.66. The van der Waals surface area contributed by atoms with E-state index < -0.39 is 0 Å². The Bertz CT molecular complexity index is 842. The molecule has 0 saturated carbocycles. The van der Waals surface area contributed by atoms with Crippen molar-refractivity contribution in [2.75, 3.05) is 32.9 Å². The van der Waals surface area contributed by atoms with E-state index in [2.05, 4.69) is 22.3 Å². The van der Waals surface area contributed by atoms with Crippen LogP contribution in [0.25, 0.3) is 11.1 Å². The lowest BCUT2D eigenvalue weighted by atomic mass is 10.0. The third kappa shape index (κ3) is 4.49. The summed E-state index contributed by atoms with van der Waals surface area (Å²) in [6.07, 6.45) is 1.91. The molecule has 2 aromatic rings. The number of carbonyl (C=O) groups excluding carboxylic acids is 1. The van der Waals surface area contributed by atoms with Crippen molar-refractivity contribution in [1.82, 2.24) is 10.2 Å². The van der Waals surface area contributed by atoms with Gasteiger partial charge in [0, 0.05) is 23.7 Å². The van der Waals surface area contributed by atoms with E-state index in [-0.39, 0.29) is 11.9 Å². The molecule has 2 heterocycles. The maximum atomic E-state index is 12.6. The number of ether oxygens (including phenoxy) is 2. The molecule has 1 N–H and O–H groups in total. The van der Waals surface area contributed by atoms with Gasteiger partial charge in [-0.25, -0.2) is 0 Å². The number of nitrogens with one attached hydrogen (secondary N) is 1. The van der Waals surface area contributed by atoms with Gasteiger partial charge in [0.1, 0.15) is 12.4 Å². The van der Waals surface area contributed by atoms with E-state index >= 15 is 0 Å². The summed E-state index contributed by atoms with van der Waals surface area (Å²) in [5, 5.41) is 3.71. The molecular weight excluding hydrogens is 376 g/mol. The molecular formula is C22H25ClN2O3. The highest BCUT2D eigenvalue weighted by Gasteiger charge is 2.31. The normalized spacial score (nSPS) is 21.3. The van der Waals surface area contributed by atoms with Gasteiger partial charge in [-0.1, -0.05) is 29.8 Å². The molecule has 2 aliphatic rings. The van der Waals surface area contributed by atoms with Gasteiger partial charge >= 0.3 is 0 Å². The fraction of sp³-hybridized carbons (Fsp3) is 0.409. The Kier molecular flexibility index (Phi) is 6.15. The largest absolute Gasteiger partial charge is 0.491 e. The van der Waals surface area contributed by atoms with E-state index in [1.807, 2.05) is 30.3 Å². The van der Waals surface area contributed by atoms with Crippen LogP contribution in [0.3, 0.4) is 0 Å². The van der Waals surface area contributed by atoms with Gasteiger partial charge in [-0.3, -0.25) is 9.69 Å². The van der Waals surface area contributed by atoms with Crippen molar-refractivity contribution in [2.24, 2.45) is 0 Å². The molecule has 6 heteroatoms. The van der Waals surface area contributed by atoms with Crippen LogP contribution in [0, 0.1) is 0 Å². The van der Waals surface area contributed by atoms with Crippen molar-refractivity contribution in [3.8, 4) is 16.9 Å². The zero-order valence-corrected chi connectivity index (χ0v) is 16.6. The monoisotopic (exact) mass is 400 g/mol. The number of nitrogens with zero attached hydrogens (tertiary/aromatic N) is 1. The molecule has 0 aromatic heterocycles. The molecule has 2 aromatic carbocycles. The first-order valence-corrected chi connectivity index (χ1v) is 10.2. The van der Waals surface area contributed by atoms with Gasteiger partial charge in [0.2, 0.25) is 5.91 Å². The van der Waals surface area contributed by atoms with Gasteiger partial charge in [-0.2, -0.15) is 0 Å². The lowest BCUT2D eigenvalue weighted by Gasteiger charge is -2.25. The zero-order chi connectivity index (χ0) is 19.3. The maximum absolute atomic E-state index is 12.6. The second-order valence-corrected chi connectivity index (χ2v) is 7.65. The molecule has 2 aliphatic heterocycles. The first kappa shape index (κ1) is 19.2. The lowest BCUT2D eigenvalue weighted by Crippen LogP contribution is -2.43. The highest BCUT2D eigenvalue weighted by molar-refractivity contribution is 6.30. The van der Waals surface area contributed by atoms with Crippen molar-refractivity contribution >= 4 is 17.5 Å². The molecule has 0 bridgehead atoms. The minimum atomic E-state index is -0.0940. The topological polar surface area (TPSA) is 50.8 Å².